The van der Waals surface area contributed by atoms with Gasteiger partial charge in [-0.2, -0.15) is 0 Å². The molecule has 1 unspecified atom stereocenters. The third-order valence-electron chi connectivity index (χ3n) is 3.62. The van der Waals surface area contributed by atoms with Crippen LogP contribution in [-0.2, 0) is 14.4 Å². The van der Waals surface area contributed by atoms with Crippen molar-refractivity contribution < 1.29 is 19.5 Å². The zero-order valence-corrected chi connectivity index (χ0v) is 14.0. The van der Waals surface area contributed by atoms with Crippen LogP contribution in [0.3, 0.4) is 0 Å². The second-order valence-electron chi connectivity index (χ2n) is 5.42. The fraction of sp³-hybridized carbons (Fsp3) is 0.786. The zero-order valence-electron chi connectivity index (χ0n) is 13.2. The first-order chi connectivity index (χ1) is 9.95. The number of carboxylic acids is 1. The van der Waals surface area contributed by atoms with Gasteiger partial charge in [-0.1, -0.05) is 13.3 Å². The summed E-state index contributed by atoms with van der Waals surface area (Å²) in [5.74, 6) is -1.30. The van der Waals surface area contributed by atoms with Crippen LogP contribution in [0.4, 0.5) is 0 Å². The van der Waals surface area contributed by atoms with E-state index in [1.165, 1.54) is 4.90 Å². The number of aliphatic carboxylic acids is 1. The van der Waals surface area contributed by atoms with E-state index >= 15 is 0 Å². The molecule has 1 aliphatic heterocycles. The standard InChI is InChI=1S/C14H25N3O4.ClH/c1-3-7-15-12(18)9-16(2)13(19)10-17-8-5-4-6-11(17)14(20)21;/h11H,3-10H2,1-2H3,(H,15,18)(H,20,21);1H. The second kappa shape index (κ2) is 10.4. The minimum absolute atomic E-state index is 0. The van der Waals surface area contributed by atoms with Crippen LogP contribution in [0, 0.1) is 0 Å². The Morgan fingerprint density at radius 3 is 2.59 bits per heavy atom. The molecule has 0 bridgehead atoms. The van der Waals surface area contributed by atoms with E-state index in [0.29, 0.717) is 19.5 Å². The van der Waals surface area contributed by atoms with E-state index in [9.17, 15) is 19.5 Å². The van der Waals surface area contributed by atoms with Gasteiger partial charge >= 0.3 is 5.97 Å². The maximum atomic E-state index is 12.1. The monoisotopic (exact) mass is 335 g/mol. The average Bonchev–Trinajstić information content (AvgIpc) is 2.45. The van der Waals surface area contributed by atoms with Crippen LogP contribution in [-0.4, -0.2) is 72.0 Å². The molecular weight excluding hydrogens is 310 g/mol. The van der Waals surface area contributed by atoms with Gasteiger partial charge in [0.2, 0.25) is 11.8 Å². The molecule has 0 aliphatic carbocycles. The van der Waals surface area contributed by atoms with Crippen LogP contribution < -0.4 is 5.32 Å². The van der Waals surface area contributed by atoms with E-state index in [0.717, 1.165) is 19.3 Å². The third kappa shape index (κ3) is 6.62. The molecule has 0 radical (unpaired) electrons. The van der Waals surface area contributed by atoms with Crippen molar-refractivity contribution in [2.24, 2.45) is 0 Å². The number of carbonyl (C=O) groups is 3. The number of rotatable bonds is 7. The van der Waals surface area contributed by atoms with E-state index in [-0.39, 0.29) is 37.3 Å². The van der Waals surface area contributed by atoms with Gasteiger partial charge in [0.1, 0.15) is 6.04 Å². The van der Waals surface area contributed by atoms with E-state index in [1.807, 2.05) is 6.92 Å². The molecule has 1 atom stereocenters. The summed E-state index contributed by atoms with van der Waals surface area (Å²) in [6.07, 6.45) is 3.19. The highest BCUT2D eigenvalue weighted by atomic mass is 35.5. The highest BCUT2D eigenvalue weighted by Crippen LogP contribution is 2.17. The third-order valence-corrected chi connectivity index (χ3v) is 3.62. The first kappa shape index (κ1) is 20.7. The van der Waals surface area contributed by atoms with Gasteiger partial charge in [0.25, 0.3) is 0 Å². The van der Waals surface area contributed by atoms with Crippen molar-refractivity contribution in [3.05, 3.63) is 0 Å². The Morgan fingerprint density at radius 2 is 2.00 bits per heavy atom. The number of piperidine rings is 1. The highest BCUT2D eigenvalue weighted by molar-refractivity contribution is 5.86. The number of likely N-dealkylation sites (N-methyl/N-ethyl adjacent to an activating group) is 1. The molecular formula is C14H26ClN3O4. The lowest BCUT2D eigenvalue weighted by atomic mass is 10.0. The fourth-order valence-electron chi connectivity index (χ4n) is 2.38. The molecule has 7 nitrogen and oxygen atoms in total. The second-order valence-corrected chi connectivity index (χ2v) is 5.42. The molecule has 0 aromatic carbocycles. The van der Waals surface area contributed by atoms with Crippen molar-refractivity contribution in [2.45, 2.75) is 38.6 Å². The molecule has 1 saturated heterocycles. The highest BCUT2D eigenvalue weighted by Gasteiger charge is 2.30. The van der Waals surface area contributed by atoms with Crippen molar-refractivity contribution in [1.82, 2.24) is 15.1 Å². The molecule has 1 heterocycles. The average molecular weight is 336 g/mol. The Labute approximate surface area is 137 Å². The van der Waals surface area contributed by atoms with Crippen LogP contribution in [0.1, 0.15) is 32.6 Å². The first-order valence-electron chi connectivity index (χ1n) is 7.43. The number of amides is 2. The van der Waals surface area contributed by atoms with E-state index in [2.05, 4.69) is 5.32 Å². The Kier molecular flexibility index (Phi) is 9.76. The fourth-order valence-corrected chi connectivity index (χ4v) is 2.38. The van der Waals surface area contributed by atoms with Crippen molar-refractivity contribution in [2.75, 3.05) is 33.2 Å². The summed E-state index contributed by atoms with van der Waals surface area (Å²) in [4.78, 5) is 37.9. The van der Waals surface area contributed by atoms with E-state index in [1.54, 1.807) is 11.9 Å². The minimum Gasteiger partial charge on any atom is -0.480 e. The summed E-state index contributed by atoms with van der Waals surface area (Å²) in [7, 11) is 1.56. The van der Waals surface area contributed by atoms with Gasteiger partial charge in [-0.3, -0.25) is 19.3 Å². The SMILES string of the molecule is CCCNC(=O)CN(C)C(=O)CN1CCCCC1C(=O)O.Cl. The van der Waals surface area contributed by atoms with Crippen molar-refractivity contribution >= 4 is 30.2 Å². The number of hydrogen-bond acceptors (Lipinski definition) is 4. The number of halogens is 1. The van der Waals surface area contributed by atoms with Crippen molar-refractivity contribution in [3.8, 4) is 0 Å². The molecule has 8 heteroatoms. The molecule has 22 heavy (non-hydrogen) atoms. The lowest BCUT2D eigenvalue weighted by Gasteiger charge is -2.33. The Balaban J connectivity index is 0.00000441. The van der Waals surface area contributed by atoms with Gasteiger partial charge in [0.15, 0.2) is 0 Å². The number of nitrogens with one attached hydrogen (secondary N) is 1. The number of hydrogen-bond donors (Lipinski definition) is 2. The molecule has 0 aromatic heterocycles. The maximum absolute atomic E-state index is 12.1. The molecule has 2 N–H and O–H groups in total. The number of likely N-dealkylation sites (tertiary alicyclic amines) is 1. The van der Waals surface area contributed by atoms with Crippen LogP contribution in [0.15, 0.2) is 0 Å². The largest absolute Gasteiger partial charge is 0.480 e. The first-order valence-corrected chi connectivity index (χ1v) is 7.43. The molecule has 0 saturated carbocycles. The van der Waals surface area contributed by atoms with Crippen LogP contribution in [0.25, 0.3) is 0 Å². The van der Waals surface area contributed by atoms with Crippen LogP contribution in [0.5, 0.6) is 0 Å². The molecule has 1 rings (SSSR count). The summed E-state index contributed by atoms with van der Waals surface area (Å²) in [5, 5.41) is 11.9. The normalized spacial score (nSPS) is 18.2. The van der Waals surface area contributed by atoms with Gasteiger partial charge in [0, 0.05) is 13.6 Å². The number of carboxylic acid groups (broad SMARTS) is 1. The molecule has 1 aliphatic rings. The summed E-state index contributed by atoms with van der Waals surface area (Å²) in [6.45, 7) is 3.21. The number of nitrogens with zero attached hydrogens (tertiary/aromatic N) is 2. The lowest BCUT2D eigenvalue weighted by molar-refractivity contribution is -0.146. The summed E-state index contributed by atoms with van der Waals surface area (Å²) in [6, 6.07) is -0.593. The quantitative estimate of drug-likeness (QED) is 0.700. The summed E-state index contributed by atoms with van der Waals surface area (Å²) >= 11 is 0. The topological polar surface area (TPSA) is 90.0 Å². The van der Waals surface area contributed by atoms with Crippen LogP contribution >= 0.6 is 12.4 Å². The van der Waals surface area contributed by atoms with Gasteiger partial charge in [-0.25, -0.2) is 0 Å². The smallest absolute Gasteiger partial charge is 0.320 e. The Morgan fingerprint density at radius 1 is 1.32 bits per heavy atom. The van der Waals surface area contributed by atoms with Crippen molar-refractivity contribution in [1.29, 1.82) is 0 Å². The minimum atomic E-state index is -0.883. The molecule has 0 aromatic rings. The summed E-state index contributed by atoms with van der Waals surface area (Å²) in [5.41, 5.74) is 0. The molecule has 0 spiro atoms. The van der Waals surface area contributed by atoms with Crippen molar-refractivity contribution in [3.63, 3.8) is 0 Å². The molecule has 1 fully saturated rings. The van der Waals surface area contributed by atoms with E-state index < -0.39 is 12.0 Å². The van der Waals surface area contributed by atoms with E-state index in [4.69, 9.17) is 0 Å². The Bertz CT molecular complexity index is 392. The Hall–Kier alpha value is -1.34. The van der Waals surface area contributed by atoms with Gasteiger partial charge in [-0.05, 0) is 25.8 Å². The van der Waals surface area contributed by atoms with Crippen LogP contribution in [0.2, 0.25) is 0 Å². The maximum Gasteiger partial charge on any atom is 0.320 e. The molecule has 2 amide bonds. The number of carbonyl (C=O) groups excluding carboxylic acids is 2. The predicted molar refractivity (Wildman–Crippen MR) is 85.0 cm³/mol. The van der Waals surface area contributed by atoms with Gasteiger partial charge < -0.3 is 15.3 Å². The molecule has 128 valence electrons. The summed E-state index contributed by atoms with van der Waals surface area (Å²) < 4.78 is 0. The lowest BCUT2D eigenvalue weighted by Crippen LogP contribution is -2.50. The zero-order chi connectivity index (χ0) is 15.8. The predicted octanol–water partition coefficient (Wildman–Crippen LogP) is 0.332. The van der Waals surface area contributed by atoms with Gasteiger partial charge in [0.05, 0.1) is 13.1 Å². The van der Waals surface area contributed by atoms with Gasteiger partial charge in [-0.15, -0.1) is 12.4 Å².